The Morgan fingerprint density at radius 1 is 1.42 bits per heavy atom. The third kappa shape index (κ3) is 3.57. The van der Waals surface area contributed by atoms with E-state index in [1.165, 1.54) is 16.7 Å². The normalized spacial score (nSPS) is 18.6. The second-order valence-corrected chi connectivity index (χ2v) is 5.58. The molecule has 0 bridgehead atoms. The van der Waals surface area contributed by atoms with Crippen LogP contribution in [0, 0.1) is 13.8 Å². The predicted octanol–water partition coefficient (Wildman–Crippen LogP) is 2.06. The highest BCUT2D eigenvalue weighted by molar-refractivity contribution is 5.76. The Morgan fingerprint density at radius 2 is 2.21 bits per heavy atom. The van der Waals surface area contributed by atoms with Crippen molar-refractivity contribution in [2.75, 3.05) is 20.1 Å². The number of rotatable bonds is 4. The fraction of sp³-hybridized carbons (Fsp3) is 0.562. The first-order valence-corrected chi connectivity index (χ1v) is 7.10. The molecule has 1 fully saturated rings. The van der Waals surface area contributed by atoms with Gasteiger partial charge >= 0.3 is 0 Å². The molecule has 1 aromatic carbocycles. The van der Waals surface area contributed by atoms with E-state index >= 15 is 0 Å². The maximum atomic E-state index is 12.2. The van der Waals surface area contributed by atoms with Crippen LogP contribution in [0.2, 0.25) is 0 Å². The molecule has 1 saturated heterocycles. The number of hydrogen-bond acceptors (Lipinski definition) is 2. The number of nitrogens with zero attached hydrogens (tertiary/aromatic N) is 1. The van der Waals surface area contributed by atoms with E-state index in [9.17, 15) is 4.79 Å². The molecule has 19 heavy (non-hydrogen) atoms. The van der Waals surface area contributed by atoms with Gasteiger partial charge in [0.2, 0.25) is 5.91 Å². The predicted molar refractivity (Wildman–Crippen MR) is 78.3 cm³/mol. The number of carbonyl (C=O) groups excluding carboxylic acids is 1. The molecule has 3 heteroatoms. The fourth-order valence-corrected chi connectivity index (χ4v) is 2.72. The number of hydrogen-bond donors (Lipinski definition) is 1. The lowest BCUT2D eigenvalue weighted by molar-refractivity contribution is -0.131. The minimum atomic E-state index is 0.258. The van der Waals surface area contributed by atoms with Crippen molar-refractivity contribution in [2.45, 2.75) is 39.2 Å². The van der Waals surface area contributed by atoms with Gasteiger partial charge in [-0.05, 0) is 44.4 Å². The molecular weight excluding hydrogens is 236 g/mol. The van der Waals surface area contributed by atoms with Gasteiger partial charge in [-0.25, -0.2) is 0 Å². The van der Waals surface area contributed by atoms with Crippen molar-refractivity contribution in [3.63, 3.8) is 0 Å². The maximum absolute atomic E-state index is 12.2. The highest BCUT2D eigenvalue weighted by Gasteiger charge is 2.22. The van der Waals surface area contributed by atoms with Crippen LogP contribution in [0.25, 0.3) is 0 Å². The van der Waals surface area contributed by atoms with E-state index in [0.29, 0.717) is 12.5 Å². The van der Waals surface area contributed by atoms with Gasteiger partial charge in [-0.15, -0.1) is 0 Å². The Balaban J connectivity index is 1.89. The fourth-order valence-electron chi connectivity index (χ4n) is 2.72. The summed E-state index contributed by atoms with van der Waals surface area (Å²) in [6.07, 6.45) is 2.53. The first-order valence-electron chi connectivity index (χ1n) is 7.10. The second-order valence-electron chi connectivity index (χ2n) is 5.58. The molecule has 0 unspecified atom stereocenters. The number of nitrogens with one attached hydrogen (secondary N) is 1. The molecule has 1 aliphatic heterocycles. The topological polar surface area (TPSA) is 32.3 Å². The summed E-state index contributed by atoms with van der Waals surface area (Å²) in [5.41, 5.74) is 3.86. The molecule has 1 N–H and O–H groups in total. The molecule has 1 aliphatic rings. The quantitative estimate of drug-likeness (QED) is 0.898. The van der Waals surface area contributed by atoms with Crippen LogP contribution in [0.1, 0.15) is 29.5 Å². The van der Waals surface area contributed by atoms with Crippen molar-refractivity contribution in [2.24, 2.45) is 0 Å². The van der Waals surface area contributed by atoms with Crippen LogP contribution >= 0.6 is 0 Å². The summed E-state index contributed by atoms with van der Waals surface area (Å²) in [5, 5.41) is 3.30. The monoisotopic (exact) mass is 260 g/mol. The molecule has 1 amide bonds. The van der Waals surface area contributed by atoms with Gasteiger partial charge in [-0.1, -0.05) is 23.8 Å². The molecule has 1 aromatic rings. The van der Waals surface area contributed by atoms with E-state index in [1.54, 1.807) is 0 Å². The number of likely N-dealkylation sites (N-methyl/N-ethyl adjacent to an activating group) is 1. The molecular formula is C16H24N2O. The van der Waals surface area contributed by atoms with Gasteiger partial charge in [0.05, 0.1) is 0 Å². The molecule has 0 aliphatic carbocycles. The third-order valence-corrected chi connectivity index (χ3v) is 4.08. The van der Waals surface area contributed by atoms with Crippen molar-refractivity contribution in [3.8, 4) is 0 Å². The molecule has 0 spiro atoms. The summed E-state index contributed by atoms with van der Waals surface area (Å²) in [7, 11) is 1.93. The average molecular weight is 260 g/mol. The van der Waals surface area contributed by atoms with Crippen molar-refractivity contribution >= 4 is 5.91 Å². The van der Waals surface area contributed by atoms with Crippen molar-refractivity contribution in [1.29, 1.82) is 0 Å². The highest BCUT2D eigenvalue weighted by atomic mass is 16.2. The zero-order valence-electron chi connectivity index (χ0n) is 12.2. The van der Waals surface area contributed by atoms with E-state index in [2.05, 4.69) is 37.4 Å². The molecule has 3 nitrogen and oxygen atoms in total. The Morgan fingerprint density at radius 3 is 2.84 bits per heavy atom. The van der Waals surface area contributed by atoms with Gasteiger partial charge in [0.15, 0.2) is 0 Å². The highest BCUT2D eigenvalue weighted by Crippen LogP contribution is 2.14. The lowest BCUT2D eigenvalue weighted by Gasteiger charge is -2.24. The first-order chi connectivity index (χ1) is 9.08. The van der Waals surface area contributed by atoms with Crippen LogP contribution in [-0.2, 0) is 11.2 Å². The van der Waals surface area contributed by atoms with E-state index in [1.807, 2.05) is 11.9 Å². The first kappa shape index (κ1) is 14.1. The molecule has 0 aromatic heterocycles. The summed E-state index contributed by atoms with van der Waals surface area (Å²) in [5.74, 6) is 0.258. The molecule has 0 radical (unpaired) electrons. The molecule has 104 valence electrons. The lowest BCUT2D eigenvalue weighted by atomic mass is 10.0. The zero-order valence-corrected chi connectivity index (χ0v) is 12.2. The Labute approximate surface area is 116 Å². The van der Waals surface area contributed by atoms with Crippen LogP contribution in [0.15, 0.2) is 18.2 Å². The number of amides is 1. The van der Waals surface area contributed by atoms with Crippen LogP contribution in [0.4, 0.5) is 0 Å². The van der Waals surface area contributed by atoms with Gasteiger partial charge in [-0.3, -0.25) is 4.79 Å². The smallest absolute Gasteiger partial charge is 0.222 e. The Kier molecular flexibility index (Phi) is 4.59. The van der Waals surface area contributed by atoms with Crippen molar-refractivity contribution in [1.82, 2.24) is 10.2 Å². The standard InChI is InChI=1S/C16H24N2O/c1-12-4-5-14(13(2)10-12)6-7-16(19)18(3)15-8-9-17-11-15/h4-5,10,15,17H,6-9,11H2,1-3H3/t15-/m0/s1. The average Bonchev–Trinajstić information content (AvgIpc) is 2.90. The van der Waals surface area contributed by atoms with E-state index in [-0.39, 0.29) is 5.91 Å². The zero-order chi connectivity index (χ0) is 13.8. The number of benzene rings is 1. The molecule has 1 heterocycles. The minimum absolute atomic E-state index is 0.258. The van der Waals surface area contributed by atoms with Gasteiger partial charge in [0, 0.05) is 26.1 Å². The van der Waals surface area contributed by atoms with Gasteiger partial charge in [0.1, 0.15) is 0 Å². The molecule has 0 saturated carbocycles. The summed E-state index contributed by atoms with van der Waals surface area (Å²) in [4.78, 5) is 14.1. The van der Waals surface area contributed by atoms with Crippen molar-refractivity contribution < 1.29 is 4.79 Å². The lowest BCUT2D eigenvalue weighted by Crippen LogP contribution is -2.38. The van der Waals surface area contributed by atoms with E-state index in [4.69, 9.17) is 0 Å². The maximum Gasteiger partial charge on any atom is 0.222 e. The molecule has 2 rings (SSSR count). The molecule has 1 atom stereocenters. The van der Waals surface area contributed by atoms with Crippen LogP contribution in [0.5, 0.6) is 0 Å². The van der Waals surface area contributed by atoms with E-state index < -0.39 is 0 Å². The summed E-state index contributed by atoms with van der Waals surface area (Å²) < 4.78 is 0. The number of carbonyl (C=O) groups is 1. The Bertz CT molecular complexity index is 450. The van der Waals surface area contributed by atoms with Gasteiger partial charge in [0.25, 0.3) is 0 Å². The van der Waals surface area contributed by atoms with Crippen LogP contribution in [-0.4, -0.2) is 37.0 Å². The van der Waals surface area contributed by atoms with Gasteiger partial charge in [-0.2, -0.15) is 0 Å². The second kappa shape index (κ2) is 6.20. The third-order valence-electron chi connectivity index (χ3n) is 4.08. The van der Waals surface area contributed by atoms with E-state index in [0.717, 1.165) is 25.9 Å². The minimum Gasteiger partial charge on any atom is -0.341 e. The van der Waals surface area contributed by atoms with Gasteiger partial charge < -0.3 is 10.2 Å². The SMILES string of the molecule is Cc1ccc(CCC(=O)N(C)[C@H]2CCNC2)c(C)c1. The number of aryl methyl sites for hydroxylation is 3. The van der Waals surface area contributed by atoms with Crippen LogP contribution in [0.3, 0.4) is 0 Å². The Hall–Kier alpha value is -1.35. The van der Waals surface area contributed by atoms with Crippen LogP contribution < -0.4 is 5.32 Å². The van der Waals surface area contributed by atoms with Crippen molar-refractivity contribution in [3.05, 3.63) is 34.9 Å². The largest absolute Gasteiger partial charge is 0.341 e. The summed E-state index contributed by atoms with van der Waals surface area (Å²) >= 11 is 0. The summed E-state index contributed by atoms with van der Waals surface area (Å²) in [6, 6.07) is 6.84. The summed E-state index contributed by atoms with van der Waals surface area (Å²) in [6.45, 7) is 6.19.